The number of carbonyl (C=O) groups is 1. The summed E-state index contributed by atoms with van der Waals surface area (Å²) in [5.74, 6) is 0. The van der Waals surface area contributed by atoms with Gasteiger partial charge in [0.1, 0.15) is 0 Å². The molecule has 1 unspecified atom stereocenters. The van der Waals surface area contributed by atoms with Gasteiger partial charge < -0.3 is 15.7 Å². The Morgan fingerprint density at radius 2 is 2.25 bits per heavy atom. The minimum atomic E-state index is -0.778. The molecule has 2 aliphatic rings. The SMILES string of the molecule is NC1CCN(C(=O)O)C2(CC2)C1. The zero-order valence-electron chi connectivity index (χ0n) is 6.99. The number of nitrogens with two attached hydrogens (primary N) is 1. The molecule has 0 aromatic heterocycles. The van der Waals surface area contributed by atoms with Crippen LogP contribution in [0.15, 0.2) is 0 Å². The maximum atomic E-state index is 10.8. The van der Waals surface area contributed by atoms with Crippen LogP contribution < -0.4 is 5.73 Å². The summed E-state index contributed by atoms with van der Waals surface area (Å²) in [6.45, 7) is 0.622. The third-order valence-corrected chi connectivity index (χ3v) is 3.00. The molecule has 1 amide bonds. The summed E-state index contributed by atoms with van der Waals surface area (Å²) >= 11 is 0. The predicted molar refractivity (Wildman–Crippen MR) is 43.9 cm³/mol. The van der Waals surface area contributed by atoms with Crippen LogP contribution in [0.5, 0.6) is 0 Å². The van der Waals surface area contributed by atoms with Gasteiger partial charge in [-0.15, -0.1) is 0 Å². The molecule has 2 fully saturated rings. The minimum absolute atomic E-state index is 0.0521. The first kappa shape index (κ1) is 7.86. The molecule has 1 saturated heterocycles. The van der Waals surface area contributed by atoms with Gasteiger partial charge in [-0.25, -0.2) is 4.79 Å². The zero-order chi connectivity index (χ0) is 8.77. The number of piperidine rings is 1. The van der Waals surface area contributed by atoms with Crippen LogP contribution in [0, 0.1) is 0 Å². The number of nitrogens with zero attached hydrogens (tertiary/aromatic N) is 1. The molecule has 1 aliphatic carbocycles. The van der Waals surface area contributed by atoms with Crippen molar-refractivity contribution in [1.82, 2.24) is 4.90 Å². The highest BCUT2D eigenvalue weighted by Gasteiger charge is 2.52. The third kappa shape index (κ3) is 1.06. The van der Waals surface area contributed by atoms with Crippen molar-refractivity contribution in [2.45, 2.75) is 37.3 Å². The second kappa shape index (κ2) is 2.36. The second-order valence-electron chi connectivity index (χ2n) is 3.91. The van der Waals surface area contributed by atoms with Gasteiger partial charge >= 0.3 is 6.09 Å². The Morgan fingerprint density at radius 1 is 1.58 bits per heavy atom. The van der Waals surface area contributed by atoms with E-state index in [9.17, 15) is 4.79 Å². The van der Waals surface area contributed by atoms with Crippen LogP contribution in [-0.4, -0.2) is 34.2 Å². The number of rotatable bonds is 0. The maximum Gasteiger partial charge on any atom is 0.407 e. The number of likely N-dealkylation sites (tertiary alicyclic amines) is 1. The maximum absolute atomic E-state index is 10.8. The van der Waals surface area contributed by atoms with E-state index in [0.29, 0.717) is 6.54 Å². The van der Waals surface area contributed by atoms with Crippen LogP contribution in [0.4, 0.5) is 4.79 Å². The van der Waals surface area contributed by atoms with Gasteiger partial charge in [-0.05, 0) is 25.7 Å². The van der Waals surface area contributed by atoms with Crippen LogP contribution in [0.25, 0.3) is 0 Å². The lowest BCUT2D eigenvalue weighted by atomic mass is 9.96. The first-order chi connectivity index (χ1) is 5.64. The molecule has 0 bridgehead atoms. The number of carboxylic acid groups (broad SMARTS) is 1. The molecule has 1 heterocycles. The highest BCUT2D eigenvalue weighted by molar-refractivity contribution is 5.67. The second-order valence-corrected chi connectivity index (χ2v) is 3.91. The van der Waals surface area contributed by atoms with Gasteiger partial charge in [-0.2, -0.15) is 0 Å². The van der Waals surface area contributed by atoms with Crippen LogP contribution >= 0.6 is 0 Å². The molecule has 68 valence electrons. The lowest BCUT2D eigenvalue weighted by Gasteiger charge is -2.36. The first-order valence-electron chi connectivity index (χ1n) is 4.40. The summed E-state index contributed by atoms with van der Waals surface area (Å²) < 4.78 is 0. The minimum Gasteiger partial charge on any atom is -0.465 e. The van der Waals surface area contributed by atoms with E-state index >= 15 is 0 Å². The molecule has 0 radical (unpaired) electrons. The topological polar surface area (TPSA) is 66.6 Å². The van der Waals surface area contributed by atoms with Crippen LogP contribution in [0.3, 0.4) is 0 Å². The Labute approximate surface area is 71.3 Å². The fraction of sp³-hybridized carbons (Fsp3) is 0.875. The van der Waals surface area contributed by atoms with Gasteiger partial charge in [0.05, 0.1) is 0 Å². The van der Waals surface area contributed by atoms with Crippen molar-refractivity contribution in [1.29, 1.82) is 0 Å². The molecular weight excluding hydrogens is 156 g/mol. The van der Waals surface area contributed by atoms with Crippen LogP contribution in [0.1, 0.15) is 25.7 Å². The lowest BCUT2D eigenvalue weighted by Crippen LogP contribution is -2.50. The van der Waals surface area contributed by atoms with Gasteiger partial charge in [0, 0.05) is 18.1 Å². The van der Waals surface area contributed by atoms with Crippen molar-refractivity contribution in [2.75, 3.05) is 6.54 Å². The standard InChI is InChI=1S/C8H14N2O2/c9-6-1-4-10(7(11)12)8(5-6)2-3-8/h6H,1-5,9H2,(H,11,12). The fourth-order valence-electron chi connectivity index (χ4n) is 2.15. The van der Waals surface area contributed by atoms with Crippen LogP contribution in [0.2, 0.25) is 0 Å². The molecule has 1 spiro atoms. The quantitative estimate of drug-likeness (QED) is 0.560. The molecule has 3 N–H and O–H groups in total. The molecule has 4 nitrogen and oxygen atoms in total. The summed E-state index contributed by atoms with van der Waals surface area (Å²) in [5.41, 5.74) is 5.74. The number of hydrogen-bond acceptors (Lipinski definition) is 2. The number of amides is 1. The van der Waals surface area contributed by atoms with E-state index in [0.717, 1.165) is 25.7 Å². The smallest absolute Gasteiger partial charge is 0.407 e. The van der Waals surface area contributed by atoms with Crippen molar-refractivity contribution in [3.63, 3.8) is 0 Å². The van der Waals surface area contributed by atoms with E-state index in [4.69, 9.17) is 10.8 Å². The van der Waals surface area contributed by atoms with Crippen molar-refractivity contribution in [3.8, 4) is 0 Å². The highest BCUT2D eigenvalue weighted by Crippen LogP contribution is 2.47. The molecule has 1 atom stereocenters. The largest absolute Gasteiger partial charge is 0.465 e. The Morgan fingerprint density at radius 3 is 2.75 bits per heavy atom. The molecule has 0 aromatic rings. The van der Waals surface area contributed by atoms with E-state index in [1.807, 2.05) is 0 Å². The Bertz CT molecular complexity index is 213. The van der Waals surface area contributed by atoms with Gasteiger partial charge in [0.2, 0.25) is 0 Å². The summed E-state index contributed by atoms with van der Waals surface area (Å²) in [5, 5.41) is 8.89. The molecule has 1 aliphatic heterocycles. The summed E-state index contributed by atoms with van der Waals surface area (Å²) in [4.78, 5) is 12.4. The van der Waals surface area contributed by atoms with Gasteiger partial charge in [0.25, 0.3) is 0 Å². The van der Waals surface area contributed by atoms with Crippen molar-refractivity contribution in [2.24, 2.45) is 5.73 Å². The lowest BCUT2D eigenvalue weighted by molar-refractivity contribution is 0.0918. The zero-order valence-corrected chi connectivity index (χ0v) is 6.99. The predicted octanol–water partition coefficient (Wildman–Crippen LogP) is 0.620. The van der Waals surface area contributed by atoms with E-state index in [2.05, 4.69) is 0 Å². The summed E-state index contributed by atoms with van der Waals surface area (Å²) in [6.07, 6.45) is 2.91. The van der Waals surface area contributed by atoms with Crippen LogP contribution in [-0.2, 0) is 0 Å². The summed E-state index contributed by atoms with van der Waals surface area (Å²) in [6, 6.07) is 0.211. The van der Waals surface area contributed by atoms with E-state index in [1.165, 1.54) is 0 Å². The summed E-state index contributed by atoms with van der Waals surface area (Å²) in [7, 11) is 0. The molecule has 4 heteroatoms. The molecule has 12 heavy (non-hydrogen) atoms. The van der Waals surface area contributed by atoms with Gasteiger partial charge in [0.15, 0.2) is 0 Å². The van der Waals surface area contributed by atoms with Crippen molar-refractivity contribution >= 4 is 6.09 Å². The average Bonchev–Trinajstić information content (AvgIpc) is 2.68. The first-order valence-corrected chi connectivity index (χ1v) is 4.40. The Hall–Kier alpha value is -0.770. The molecule has 0 aromatic carbocycles. The van der Waals surface area contributed by atoms with E-state index in [-0.39, 0.29) is 11.6 Å². The van der Waals surface area contributed by atoms with Crippen molar-refractivity contribution in [3.05, 3.63) is 0 Å². The van der Waals surface area contributed by atoms with Gasteiger partial charge in [-0.1, -0.05) is 0 Å². The van der Waals surface area contributed by atoms with E-state index in [1.54, 1.807) is 4.90 Å². The molecular formula is C8H14N2O2. The van der Waals surface area contributed by atoms with Gasteiger partial charge in [-0.3, -0.25) is 0 Å². The van der Waals surface area contributed by atoms with Crippen molar-refractivity contribution < 1.29 is 9.90 Å². The van der Waals surface area contributed by atoms with E-state index < -0.39 is 6.09 Å². The molecule has 1 saturated carbocycles. The third-order valence-electron chi connectivity index (χ3n) is 3.00. The fourth-order valence-corrected chi connectivity index (χ4v) is 2.15. The monoisotopic (exact) mass is 170 g/mol. The molecule has 2 rings (SSSR count). The Balaban J connectivity index is 2.10. The average molecular weight is 170 g/mol. The highest BCUT2D eigenvalue weighted by atomic mass is 16.4. The Kier molecular flexibility index (Phi) is 1.54. The number of hydrogen-bond donors (Lipinski definition) is 2. The normalized spacial score (nSPS) is 32.1.